The maximum Gasteiger partial charge on any atom is 0.408 e. The fourth-order valence-corrected chi connectivity index (χ4v) is 4.72. The minimum absolute atomic E-state index is 0.0431. The van der Waals surface area contributed by atoms with Crippen LogP contribution in [0.5, 0.6) is 0 Å². The van der Waals surface area contributed by atoms with Crippen molar-refractivity contribution in [3.8, 4) is 0 Å². The quantitative estimate of drug-likeness (QED) is 0.185. The molecule has 1 saturated heterocycles. The van der Waals surface area contributed by atoms with Crippen LogP contribution < -0.4 is 21.3 Å². The summed E-state index contributed by atoms with van der Waals surface area (Å²) in [4.78, 5) is 77.4. The third-order valence-corrected chi connectivity index (χ3v) is 7.46. The predicted molar refractivity (Wildman–Crippen MR) is 171 cm³/mol. The Hall–Kier alpha value is -5.92. The van der Waals surface area contributed by atoms with Crippen LogP contribution in [0.1, 0.15) is 30.5 Å². The highest BCUT2D eigenvalue weighted by Crippen LogP contribution is 2.29. The van der Waals surface area contributed by atoms with E-state index < -0.39 is 60.6 Å². The van der Waals surface area contributed by atoms with E-state index in [0.717, 1.165) is 10.5 Å². The summed E-state index contributed by atoms with van der Waals surface area (Å²) in [6.07, 6.45) is -0.993. The number of imide groups is 1. The van der Waals surface area contributed by atoms with Gasteiger partial charge < -0.3 is 36.0 Å². The molecule has 1 unspecified atom stereocenters. The van der Waals surface area contributed by atoms with Gasteiger partial charge in [0, 0.05) is 24.5 Å². The van der Waals surface area contributed by atoms with E-state index in [0.29, 0.717) is 22.5 Å². The lowest BCUT2D eigenvalue weighted by Crippen LogP contribution is -2.50. The van der Waals surface area contributed by atoms with Crippen LogP contribution in [0.3, 0.4) is 0 Å². The molecule has 1 atom stereocenters. The number of carboxylic acid groups (broad SMARTS) is 1. The normalized spacial score (nSPS) is 14.3. The van der Waals surface area contributed by atoms with Crippen LogP contribution in [-0.4, -0.2) is 75.5 Å². The molecule has 3 aromatic rings. The highest BCUT2D eigenvalue weighted by molar-refractivity contribution is 6.08. The Kier molecular flexibility index (Phi) is 10.8. The van der Waals surface area contributed by atoms with Crippen LogP contribution >= 0.6 is 0 Å². The summed E-state index contributed by atoms with van der Waals surface area (Å²) in [6.45, 7) is 3.80. The molecule has 4 rings (SSSR count). The number of carboxylic acids is 1. The first-order valence-corrected chi connectivity index (χ1v) is 14.7. The lowest BCUT2D eigenvalue weighted by molar-refractivity contribution is -0.139. The Morgan fingerprint density at radius 3 is 2.19 bits per heavy atom. The maximum atomic E-state index is 13.3. The van der Waals surface area contributed by atoms with E-state index in [9.17, 15) is 33.9 Å². The molecule has 0 spiro atoms. The molecule has 246 valence electrons. The SMILES string of the molecule is Cc1ccccc1NC(=O)Nc1ccc(CN2C(=O)N(CC(=O)NCC(NC(=O)OCc3ccccc3)C(=O)O)C(=O)C2(C)C)cc1. The summed E-state index contributed by atoms with van der Waals surface area (Å²) in [7, 11) is 0. The van der Waals surface area contributed by atoms with Crippen LogP contribution in [0.4, 0.5) is 25.8 Å². The molecule has 1 heterocycles. The molecule has 0 aromatic heterocycles. The Bertz CT molecular complexity index is 1640. The number of alkyl carbamates (subject to hydrolysis) is 1. The Morgan fingerprint density at radius 2 is 1.53 bits per heavy atom. The lowest BCUT2D eigenvalue weighted by Gasteiger charge is -2.27. The number of benzene rings is 3. The number of para-hydroxylation sites is 1. The number of aryl methyl sites for hydroxylation is 1. The highest BCUT2D eigenvalue weighted by Gasteiger charge is 2.51. The van der Waals surface area contributed by atoms with Crippen molar-refractivity contribution in [3.05, 3.63) is 95.6 Å². The zero-order valence-electron chi connectivity index (χ0n) is 26.1. The number of nitrogens with zero attached hydrogens (tertiary/aromatic N) is 2. The van der Waals surface area contributed by atoms with Gasteiger partial charge in [-0.1, -0.05) is 60.7 Å². The standard InChI is InChI=1S/C33H36N6O8/c1-21-9-7-8-12-25(21)36-30(44)35-24-15-13-22(14-16-24)18-39-32(46)38(29(43)33(39,2)3)19-27(40)34-17-26(28(41)42)37-31(45)47-20-23-10-5-4-6-11-23/h4-16,26H,17-20H2,1-3H3,(H,34,40)(H,37,45)(H,41,42)(H2,35,36,44). The number of hydrogen-bond donors (Lipinski definition) is 5. The monoisotopic (exact) mass is 644 g/mol. The number of ether oxygens (including phenoxy) is 1. The van der Waals surface area contributed by atoms with Gasteiger partial charge in [0.05, 0.1) is 0 Å². The third-order valence-electron chi connectivity index (χ3n) is 7.46. The Balaban J connectivity index is 1.29. The van der Waals surface area contributed by atoms with E-state index >= 15 is 0 Å². The van der Waals surface area contributed by atoms with Crippen molar-refractivity contribution in [2.45, 2.75) is 45.5 Å². The smallest absolute Gasteiger partial charge is 0.408 e. The summed E-state index contributed by atoms with van der Waals surface area (Å²) in [5, 5.41) is 19.5. The fourth-order valence-electron chi connectivity index (χ4n) is 4.72. The second-order valence-electron chi connectivity index (χ2n) is 11.3. The predicted octanol–water partition coefficient (Wildman–Crippen LogP) is 3.68. The number of nitrogens with one attached hydrogen (secondary N) is 4. The summed E-state index contributed by atoms with van der Waals surface area (Å²) >= 11 is 0. The molecular formula is C33H36N6O8. The van der Waals surface area contributed by atoms with Crippen molar-refractivity contribution in [3.63, 3.8) is 0 Å². The van der Waals surface area contributed by atoms with E-state index in [1.807, 2.05) is 25.1 Å². The van der Waals surface area contributed by atoms with Gasteiger partial charge in [-0.05, 0) is 55.7 Å². The molecule has 14 heteroatoms. The second-order valence-corrected chi connectivity index (χ2v) is 11.3. The van der Waals surface area contributed by atoms with Crippen molar-refractivity contribution >= 4 is 47.3 Å². The first-order chi connectivity index (χ1) is 22.3. The fraction of sp³-hybridized carbons (Fsp3) is 0.273. The van der Waals surface area contributed by atoms with Crippen molar-refractivity contribution in [1.82, 2.24) is 20.4 Å². The molecule has 5 N–H and O–H groups in total. The van der Waals surface area contributed by atoms with Crippen molar-refractivity contribution in [1.29, 1.82) is 0 Å². The first-order valence-electron chi connectivity index (χ1n) is 14.7. The minimum atomic E-state index is -1.52. The van der Waals surface area contributed by atoms with Gasteiger partial charge in [0.25, 0.3) is 5.91 Å². The molecule has 1 fully saturated rings. The zero-order valence-corrected chi connectivity index (χ0v) is 26.1. The Labute approximate surface area is 271 Å². The number of carbonyl (C=O) groups is 6. The molecule has 0 bridgehead atoms. The van der Waals surface area contributed by atoms with Gasteiger partial charge in [-0.2, -0.15) is 0 Å². The van der Waals surface area contributed by atoms with Crippen LogP contribution in [0.15, 0.2) is 78.9 Å². The van der Waals surface area contributed by atoms with Gasteiger partial charge >= 0.3 is 24.1 Å². The van der Waals surface area contributed by atoms with Gasteiger partial charge in [-0.15, -0.1) is 0 Å². The average Bonchev–Trinajstić information content (AvgIpc) is 3.19. The van der Waals surface area contributed by atoms with Gasteiger partial charge in [0.2, 0.25) is 5.91 Å². The summed E-state index contributed by atoms with van der Waals surface area (Å²) in [5.41, 5.74) is 2.19. The minimum Gasteiger partial charge on any atom is -0.480 e. The van der Waals surface area contributed by atoms with E-state index in [4.69, 9.17) is 4.74 Å². The molecule has 47 heavy (non-hydrogen) atoms. The largest absolute Gasteiger partial charge is 0.480 e. The third kappa shape index (κ3) is 8.84. The molecule has 1 aliphatic heterocycles. The van der Waals surface area contributed by atoms with Gasteiger partial charge in [0.1, 0.15) is 24.7 Å². The summed E-state index contributed by atoms with van der Waals surface area (Å²) in [6, 6.07) is 20.2. The first kappa shape index (κ1) is 34.0. The molecule has 14 nitrogen and oxygen atoms in total. The topological polar surface area (TPSA) is 186 Å². The average molecular weight is 645 g/mol. The van der Waals surface area contributed by atoms with E-state index in [1.165, 1.54) is 4.90 Å². The van der Waals surface area contributed by atoms with Crippen LogP contribution in [0.25, 0.3) is 0 Å². The number of carbonyl (C=O) groups excluding carboxylic acids is 5. The number of hydrogen-bond acceptors (Lipinski definition) is 7. The number of amides is 7. The van der Waals surface area contributed by atoms with Crippen LogP contribution in [-0.2, 0) is 32.3 Å². The van der Waals surface area contributed by atoms with E-state index in [2.05, 4.69) is 21.3 Å². The van der Waals surface area contributed by atoms with Crippen molar-refractivity contribution < 1.29 is 38.6 Å². The molecule has 3 aromatic carbocycles. The van der Waals surface area contributed by atoms with Gasteiger partial charge in [-0.25, -0.2) is 19.2 Å². The van der Waals surface area contributed by atoms with Gasteiger partial charge in [-0.3, -0.25) is 14.5 Å². The van der Waals surface area contributed by atoms with Crippen molar-refractivity contribution in [2.75, 3.05) is 23.7 Å². The number of urea groups is 2. The van der Waals surface area contributed by atoms with Crippen LogP contribution in [0.2, 0.25) is 0 Å². The van der Waals surface area contributed by atoms with Crippen LogP contribution in [0, 0.1) is 6.92 Å². The molecule has 7 amide bonds. The number of aliphatic carboxylic acids is 1. The van der Waals surface area contributed by atoms with Crippen molar-refractivity contribution in [2.24, 2.45) is 0 Å². The van der Waals surface area contributed by atoms with Gasteiger partial charge in [0.15, 0.2) is 0 Å². The zero-order chi connectivity index (χ0) is 34.1. The number of rotatable bonds is 12. The molecule has 1 aliphatic rings. The molecule has 0 aliphatic carbocycles. The maximum absolute atomic E-state index is 13.3. The molecular weight excluding hydrogens is 608 g/mol. The molecule has 0 radical (unpaired) electrons. The van der Waals surface area contributed by atoms with E-state index in [-0.39, 0.29) is 13.2 Å². The summed E-state index contributed by atoms with van der Waals surface area (Å²) < 4.78 is 5.03. The highest BCUT2D eigenvalue weighted by atomic mass is 16.5. The van der Waals surface area contributed by atoms with E-state index in [1.54, 1.807) is 74.5 Å². The molecule has 0 saturated carbocycles. The summed E-state index contributed by atoms with van der Waals surface area (Å²) in [5.74, 6) is -2.83. The lowest BCUT2D eigenvalue weighted by atomic mass is 10.0. The number of anilines is 2. The Morgan fingerprint density at radius 1 is 0.872 bits per heavy atom. The second kappa shape index (κ2) is 14.9.